The highest BCUT2D eigenvalue weighted by Gasteiger charge is 2.21. The molecule has 170 valence electrons. The summed E-state index contributed by atoms with van der Waals surface area (Å²) in [4.78, 5) is 6.65. The number of nitrogens with one attached hydrogen (secondary N) is 2. The minimum Gasteiger partial charge on any atom is -0.382 e. The Hall–Kier alpha value is -2.82. The van der Waals surface area contributed by atoms with Gasteiger partial charge in [0.25, 0.3) is 0 Å². The van der Waals surface area contributed by atoms with E-state index in [0.29, 0.717) is 12.1 Å². The van der Waals surface area contributed by atoms with Crippen LogP contribution in [-0.2, 0) is 6.54 Å². The number of hydrogen-bond donors (Lipinski definition) is 2. The van der Waals surface area contributed by atoms with Crippen LogP contribution in [0.25, 0.3) is 21.7 Å². The third-order valence-corrected chi connectivity index (χ3v) is 7.08. The molecule has 4 aromatic rings. The summed E-state index contributed by atoms with van der Waals surface area (Å²) in [5.74, 6) is 0. The number of fused-ring (bicyclic) bond motifs is 2. The van der Waals surface area contributed by atoms with Crippen molar-refractivity contribution in [3.05, 3.63) is 77.4 Å². The van der Waals surface area contributed by atoms with Crippen molar-refractivity contribution in [3.8, 4) is 0 Å². The Morgan fingerprint density at radius 1 is 0.879 bits per heavy atom. The van der Waals surface area contributed by atoms with Crippen LogP contribution in [0.2, 0.25) is 5.02 Å². The Balaban J connectivity index is 1.20. The molecule has 1 heterocycles. The zero-order valence-corrected chi connectivity index (χ0v) is 20.1. The van der Waals surface area contributed by atoms with Crippen molar-refractivity contribution >= 4 is 44.7 Å². The van der Waals surface area contributed by atoms with Crippen LogP contribution in [0.4, 0.5) is 11.4 Å². The zero-order valence-electron chi connectivity index (χ0n) is 19.3. The predicted octanol–water partition coefficient (Wildman–Crippen LogP) is 6.62. The summed E-state index contributed by atoms with van der Waals surface area (Å²) in [5, 5.41) is 12.1. The predicted molar refractivity (Wildman–Crippen MR) is 142 cm³/mol. The lowest BCUT2D eigenvalue weighted by atomic mass is 9.90. The third kappa shape index (κ3) is 4.78. The normalized spacial score (nSPS) is 18.5. The van der Waals surface area contributed by atoms with Crippen LogP contribution >= 0.6 is 11.6 Å². The van der Waals surface area contributed by atoms with E-state index in [1.807, 2.05) is 18.3 Å². The average molecular weight is 459 g/mol. The molecule has 1 aromatic heterocycles. The fourth-order valence-corrected chi connectivity index (χ4v) is 5.22. The monoisotopic (exact) mass is 458 g/mol. The van der Waals surface area contributed by atoms with E-state index in [2.05, 4.69) is 83.1 Å². The number of rotatable bonds is 6. The van der Waals surface area contributed by atoms with Crippen LogP contribution in [-0.4, -0.2) is 31.2 Å². The van der Waals surface area contributed by atoms with E-state index in [0.717, 1.165) is 41.0 Å². The van der Waals surface area contributed by atoms with Crippen LogP contribution in [0, 0.1) is 0 Å². The van der Waals surface area contributed by atoms with Gasteiger partial charge in [0.05, 0.1) is 5.52 Å². The van der Waals surface area contributed by atoms with Crippen LogP contribution in [0.1, 0.15) is 31.2 Å². The SMILES string of the molecule is CN(C)c1ccc(CN[C@H]2CC[C@@H](Nc3ccnc4cc(Cl)ccc34)CC2)c2ccccc12. The zero-order chi connectivity index (χ0) is 22.8. The van der Waals surface area contributed by atoms with E-state index in [9.17, 15) is 0 Å². The van der Waals surface area contributed by atoms with Crippen molar-refractivity contribution in [1.29, 1.82) is 0 Å². The van der Waals surface area contributed by atoms with E-state index in [-0.39, 0.29) is 0 Å². The molecule has 5 heteroatoms. The Morgan fingerprint density at radius 3 is 2.42 bits per heavy atom. The lowest BCUT2D eigenvalue weighted by molar-refractivity contribution is 0.353. The van der Waals surface area contributed by atoms with E-state index in [1.165, 1.54) is 34.9 Å². The van der Waals surface area contributed by atoms with Crippen molar-refractivity contribution in [3.63, 3.8) is 0 Å². The standard InChI is InChI=1S/C28H31ClN4/c1-33(2)28-14-7-19(23-5-3-4-6-24(23)28)18-31-21-9-11-22(12-10-21)32-26-15-16-30-27-17-20(29)8-13-25(26)27/h3-8,13-17,21-22,31H,9-12,18H2,1-2H3,(H,30,32)/t21-,22+. The molecule has 3 aromatic carbocycles. The van der Waals surface area contributed by atoms with Crippen LogP contribution < -0.4 is 15.5 Å². The average Bonchev–Trinajstić information content (AvgIpc) is 2.83. The van der Waals surface area contributed by atoms with Gasteiger partial charge in [0.1, 0.15) is 0 Å². The lowest BCUT2D eigenvalue weighted by Crippen LogP contribution is -2.36. The molecule has 2 N–H and O–H groups in total. The first-order valence-electron chi connectivity index (χ1n) is 11.8. The van der Waals surface area contributed by atoms with Gasteiger partial charge in [-0.1, -0.05) is 41.9 Å². The van der Waals surface area contributed by atoms with Crippen molar-refractivity contribution in [2.75, 3.05) is 24.3 Å². The number of pyridine rings is 1. The fourth-order valence-electron chi connectivity index (χ4n) is 5.05. The Bertz CT molecular complexity index is 1260. The highest BCUT2D eigenvalue weighted by atomic mass is 35.5. The quantitative estimate of drug-likeness (QED) is 0.340. The molecular formula is C28H31ClN4. The summed E-state index contributed by atoms with van der Waals surface area (Å²) >= 11 is 6.14. The second-order valence-corrected chi connectivity index (χ2v) is 9.71. The number of aromatic nitrogens is 1. The molecular weight excluding hydrogens is 428 g/mol. The number of anilines is 2. The van der Waals surface area contributed by atoms with Crippen molar-refractivity contribution in [1.82, 2.24) is 10.3 Å². The van der Waals surface area contributed by atoms with Crippen LogP contribution in [0.5, 0.6) is 0 Å². The summed E-state index contributed by atoms with van der Waals surface area (Å²) in [6.07, 6.45) is 6.55. The molecule has 0 atom stereocenters. The second kappa shape index (κ2) is 9.58. The van der Waals surface area contributed by atoms with Gasteiger partial charge in [-0.25, -0.2) is 0 Å². The van der Waals surface area contributed by atoms with Gasteiger partial charge in [0.15, 0.2) is 0 Å². The fraction of sp³-hybridized carbons (Fsp3) is 0.321. The molecule has 0 unspecified atom stereocenters. The van der Waals surface area contributed by atoms with Gasteiger partial charge in [-0.2, -0.15) is 0 Å². The molecule has 1 saturated carbocycles. The largest absolute Gasteiger partial charge is 0.382 e. The molecule has 0 radical (unpaired) electrons. The van der Waals surface area contributed by atoms with Crippen LogP contribution in [0.15, 0.2) is 66.9 Å². The lowest BCUT2D eigenvalue weighted by Gasteiger charge is -2.31. The highest BCUT2D eigenvalue weighted by Crippen LogP contribution is 2.30. The maximum absolute atomic E-state index is 6.14. The van der Waals surface area contributed by atoms with Gasteiger partial charge in [0.2, 0.25) is 0 Å². The molecule has 0 amide bonds. The smallest absolute Gasteiger partial charge is 0.0737 e. The van der Waals surface area contributed by atoms with Crippen molar-refractivity contribution in [2.24, 2.45) is 0 Å². The number of hydrogen-bond acceptors (Lipinski definition) is 4. The molecule has 1 fully saturated rings. The minimum absolute atomic E-state index is 0.490. The molecule has 0 aliphatic heterocycles. The summed E-state index contributed by atoms with van der Waals surface area (Å²) in [5.41, 5.74) is 4.74. The number of nitrogens with zero attached hydrogens (tertiary/aromatic N) is 2. The summed E-state index contributed by atoms with van der Waals surface area (Å²) in [7, 11) is 4.21. The second-order valence-electron chi connectivity index (χ2n) is 9.28. The van der Waals surface area contributed by atoms with Gasteiger partial charge < -0.3 is 15.5 Å². The van der Waals surface area contributed by atoms with Gasteiger partial charge in [-0.3, -0.25) is 4.98 Å². The number of halogens is 1. The Labute approximate surface area is 201 Å². The highest BCUT2D eigenvalue weighted by molar-refractivity contribution is 6.31. The first-order chi connectivity index (χ1) is 16.1. The van der Waals surface area contributed by atoms with E-state index >= 15 is 0 Å². The van der Waals surface area contributed by atoms with Gasteiger partial charge in [-0.15, -0.1) is 0 Å². The van der Waals surface area contributed by atoms with E-state index in [4.69, 9.17) is 11.6 Å². The summed E-state index contributed by atoms with van der Waals surface area (Å²) in [6.45, 7) is 0.909. The minimum atomic E-state index is 0.490. The maximum atomic E-state index is 6.14. The molecule has 1 aliphatic rings. The van der Waals surface area contributed by atoms with Gasteiger partial charge in [-0.05, 0) is 67.0 Å². The molecule has 1 aliphatic carbocycles. The summed E-state index contributed by atoms with van der Waals surface area (Å²) < 4.78 is 0. The number of benzene rings is 3. The van der Waals surface area contributed by atoms with Crippen LogP contribution in [0.3, 0.4) is 0 Å². The molecule has 33 heavy (non-hydrogen) atoms. The van der Waals surface area contributed by atoms with Gasteiger partial charge in [0, 0.05) is 66.1 Å². The first kappa shape index (κ1) is 22.0. The van der Waals surface area contributed by atoms with Gasteiger partial charge >= 0.3 is 0 Å². The van der Waals surface area contributed by atoms with E-state index < -0.39 is 0 Å². The first-order valence-corrected chi connectivity index (χ1v) is 12.2. The molecule has 0 bridgehead atoms. The van der Waals surface area contributed by atoms with E-state index in [1.54, 1.807) is 0 Å². The summed E-state index contributed by atoms with van der Waals surface area (Å²) in [6, 6.07) is 22.3. The maximum Gasteiger partial charge on any atom is 0.0737 e. The van der Waals surface area contributed by atoms with Crippen molar-refractivity contribution in [2.45, 2.75) is 44.3 Å². The molecule has 4 nitrogen and oxygen atoms in total. The molecule has 5 rings (SSSR count). The van der Waals surface area contributed by atoms with Crippen molar-refractivity contribution < 1.29 is 0 Å². The third-order valence-electron chi connectivity index (χ3n) is 6.85. The topological polar surface area (TPSA) is 40.2 Å². The Kier molecular flexibility index (Phi) is 6.39. The molecule has 0 saturated heterocycles. The molecule has 0 spiro atoms. The Morgan fingerprint density at radius 2 is 1.64 bits per heavy atom.